The van der Waals surface area contributed by atoms with E-state index < -0.39 is 0 Å². The molecule has 4 nitrogen and oxygen atoms in total. The first-order valence-electron chi connectivity index (χ1n) is 5.38. The van der Waals surface area contributed by atoms with Gasteiger partial charge in [0.25, 0.3) is 0 Å². The standard InChI is InChI=1S/C12H20N2O2/c1-13-9-14-7-6-10-4-5-11(15-2)8-12(10)16-3/h4-5,8,13-14H,6-7,9H2,1-3H3. The molecular weight excluding hydrogens is 204 g/mol. The largest absolute Gasteiger partial charge is 0.497 e. The van der Waals surface area contributed by atoms with Crippen molar-refractivity contribution in [3.8, 4) is 11.5 Å². The molecule has 16 heavy (non-hydrogen) atoms. The van der Waals surface area contributed by atoms with Gasteiger partial charge in [-0.05, 0) is 25.1 Å². The fraction of sp³-hybridized carbons (Fsp3) is 0.500. The summed E-state index contributed by atoms with van der Waals surface area (Å²) in [6, 6.07) is 5.90. The number of rotatable bonds is 7. The summed E-state index contributed by atoms with van der Waals surface area (Å²) < 4.78 is 10.5. The van der Waals surface area contributed by atoms with Gasteiger partial charge in [-0.3, -0.25) is 0 Å². The molecule has 1 aromatic rings. The van der Waals surface area contributed by atoms with Crippen LogP contribution in [0.4, 0.5) is 0 Å². The lowest BCUT2D eigenvalue weighted by Crippen LogP contribution is -2.27. The van der Waals surface area contributed by atoms with Crippen LogP contribution in [0.5, 0.6) is 11.5 Å². The van der Waals surface area contributed by atoms with Crippen LogP contribution < -0.4 is 20.1 Å². The summed E-state index contributed by atoms with van der Waals surface area (Å²) in [7, 11) is 5.25. The lowest BCUT2D eigenvalue weighted by atomic mass is 10.1. The van der Waals surface area contributed by atoms with Crippen molar-refractivity contribution in [1.82, 2.24) is 10.6 Å². The molecule has 0 unspecified atom stereocenters. The Morgan fingerprint density at radius 2 is 2.00 bits per heavy atom. The van der Waals surface area contributed by atoms with Gasteiger partial charge in [0.2, 0.25) is 0 Å². The highest BCUT2D eigenvalue weighted by atomic mass is 16.5. The van der Waals surface area contributed by atoms with Crippen LogP contribution in [0, 0.1) is 0 Å². The van der Waals surface area contributed by atoms with E-state index in [1.807, 2.05) is 25.2 Å². The summed E-state index contributed by atoms with van der Waals surface area (Å²) in [4.78, 5) is 0. The van der Waals surface area contributed by atoms with E-state index in [-0.39, 0.29) is 0 Å². The van der Waals surface area contributed by atoms with Gasteiger partial charge >= 0.3 is 0 Å². The topological polar surface area (TPSA) is 42.5 Å². The molecule has 0 atom stereocenters. The fourth-order valence-electron chi connectivity index (χ4n) is 1.49. The molecule has 1 aromatic carbocycles. The van der Waals surface area contributed by atoms with E-state index in [9.17, 15) is 0 Å². The molecule has 0 radical (unpaired) electrons. The second-order valence-electron chi connectivity index (χ2n) is 3.46. The van der Waals surface area contributed by atoms with Gasteiger partial charge in [0, 0.05) is 19.3 Å². The first-order valence-corrected chi connectivity index (χ1v) is 5.38. The van der Waals surface area contributed by atoms with Crippen LogP contribution in [0.2, 0.25) is 0 Å². The normalized spacial score (nSPS) is 10.2. The number of hydrogen-bond donors (Lipinski definition) is 2. The second kappa shape index (κ2) is 7.09. The molecule has 2 N–H and O–H groups in total. The smallest absolute Gasteiger partial charge is 0.125 e. The van der Waals surface area contributed by atoms with Crippen LogP contribution in [-0.2, 0) is 6.42 Å². The summed E-state index contributed by atoms with van der Waals surface area (Å²) >= 11 is 0. The summed E-state index contributed by atoms with van der Waals surface area (Å²) in [5.41, 5.74) is 1.19. The van der Waals surface area contributed by atoms with Gasteiger partial charge in [-0.25, -0.2) is 0 Å². The average Bonchev–Trinajstić information content (AvgIpc) is 2.34. The first-order chi connectivity index (χ1) is 7.81. The molecule has 0 aliphatic rings. The summed E-state index contributed by atoms with van der Waals surface area (Å²) in [5.74, 6) is 1.70. The van der Waals surface area contributed by atoms with Crippen molar-refractivity contribution in [2.24, 2.45) is 0 Å². The minimum absolute atomic E-state index is 0.818. The average molecular weight is 224 g/mol. The van der Waals surface area contributed by atoms with Crippen molar-refractivity contribution in [2.45, 2.75) is 6.42 Å². The Labute approximate surface area is 96.9 Å². The maximum Gasteiger partial charge on any atom is 0.125 e. The minimum Gasteiger partial charge on any atom is -0.497 e. The molecule has 4 heteroatoms. The van der Waals surface area contributed by atoms with Crippen molar-refractivity contribution < 1.29 is 9.47 Å². The third kappa shape index (κ3) is 3.72. The van der Waals surface area contributed by atoms with Crippen molar-refractivity contribution in [2.75, 3.05) is 34.5 Å². The lowest BCUT2D eigenvalue weighted by molar-refractivity contribution is 0.390. The van der Waals surface area contributed by atoms with Crippen molar-refractivity contribution in [1.29, 1.82) is 0 Å². The maximum atomic E-state index is 5.32. The summed E-state index contributed by atoms with van der Waals surface area (Å²) in [6.07, 6.45) is 0.939. The Bertz CT molecular complexity index is 316. The van der Waals surface area contributed by atoms with E-state index in [2.05, 4.69) is 10.6 Å². The van der Waals surface area contributed by atoms with Crippen molar-refractivity contribution in [3.63, 3.8) is 0 Å². The predicted octanol–water partition coefficient (Wildman–Crippen LogP) is 1.01. The molecule has 0 saturated heterocycles. The fourth-order valence-corrected chi connectivity index (χ4v) is 1.49. The van der Waals surface area contributed by atoms with Crippen LogP contribution in [-0.4, -0.2) is 34.5 Å². The molecule has 90 valence electrons. The Kier molecular flexibility index (Phi) is 5.67. The van der Waals surface area contributed by atoms with E-state index in [0.717, 1.165) is 31.1 Å². The van der Waals surface area contributed by atoms with Gasteiger partial charge < -0.3 is 20.1 Å². The Balaban J connectivity index is 2.57. The summed E-state index contributed by atoms with van der Waals surface area (Å²) in [6.45, 7) is 1.74. The maximum absolute atomic E-state index is 5.32. The SMILES string of the molecule is CNCNCCc1ccc(OC)cc1OC. The van der Waals surface area contributed by atoms with Crippen LogP contribution >= 0.6 is 0 Å². The number of methoxy groups -OCH3 is 2. The highest BCUT2D eigenvalue weighted by Crippen LogP contribution is 2.24. The molecule has 0 spiro atoms. The van der Waals surface area contributed by atoms with Crippen LogP contribution in [0.1, 0.15) is 5.56 Å². The number of hydrogen-bond acceptors (Lipinski definition) is 4. The zero-order valence-electron chi connectivity index (χ0n) is 10.2. The molecule has 0 heterocycles. The van der Waals surface area contributed by atoms with Crippen molar-refractivity contribution >= 4 is 0 Å². The van der Waals surface area contributed by atoms with E-state index in [4.69, 9.17) is 9.47 Å². The third-order valence-electron chi connectivity index (χ3n) is 2.37. The molecule has 0 bridgehead atoms. The number of nitrogens with one attached hydrogen (secondary N) is 2. The summed E-state index contributed by atoms with van der Waals surface area (Å²) in [5, 5.41) is 6.30. The second-order valence-corrected chi connectivity index (χ2v) is 3.46. The lowest BCUT2D eigenvalue weighted by Gasteiger charge is -2.10. The Morgan fingerprint density at radius 3 is 2.62 bits per heavy atom. The van der Waals surface area contributed by atoms with Crippen molar-refractivity contribution in [3.05, 3.63) is 23.8 Å². The van der Waals surface area contributed by atoms with E-state index in [0.29, 0.717) is 0 Å². The van der Waals surface area contributed by atoms with Crippen LogP contribution in [0.3, 0.4) is 0 Å². The highest BCUT2D eigenvalue weighted by molar-refractivity contribution is 5.40. The molecule has 1 rings (SSSR count). The van der Waals surface area contributed by atoms with Gasteiger partial charge in [-0.15, -0.1) is 0 Å². The van der Waals surface area contributed by atoms with Gasteiger partial charge in [0.15, 0.2) is 0 Å². The molecular formula is C12H20N2O2. The molecule has 0 aromatic heterocycles. The Hall–Kier alpha value is -1.26. The van der Waals surface area contributed by atoms with Gasteiger partial charge in [-0.2, -0.15) is 0 Å². The predicted molar refractivity (Wildman–Crippen MR) is 65.2 cm³/mol. The van der Waals surface area contributed by atoms with Gasteiger partial charge in [0.05, 0.1) is 14.2 Å². The van der Waals surface area contributed by atoms with Gasteiger partial charge in [0.1, 0.15) is 11.5 Å². The van der Waals surface area contributed by atoms with E-state index >= 15 is 0 Å². The first kappa shape index (κ1) is 12.8. The van der Waals surface area contributed by atoms with E-state index in [1.165, 1.54) is 5.56 Å². The minimum atomic E-state index is 0.818. The highest BCUT2D eigenvalue weighted by Gasteiger charge is 2.04. The molecule has 0 fully saturated rings. The van der Waals surface area contributed by atoms with Crippen LogP contribution in [0.25, 0.3) is 0 Å². The number of benzene rings is 1. The molecule has 0 aliphatic heterocycles. The quantitative estimate of drug-likeness (QED) is 0.536. The molecule has 0 amide bonds. The molecule has 0 saturated carbocycles. The third-order valence-corrected chi connectivity index (χ3v) is 2.37. The zero-order chi connectivity index (χ0) is 11.8. The number of ether oxygens (including phenoxy) is 2. The zero-order valence-corrected chi connectivity index (χ0v) is 10.2. The monoisotopic (exact) mass is 224 g/mol. The van der Waals surface area contributed by atoms with E-state index in [1.54, 1.807) is 14.2 Å². The van der Waals surface area contributed by atoms with Gasteiger partial charge in [-0.1, -0.05) is 6.07 Å². The molecule has 0 aliphatic carbocycles. The Morgan fingerprint density at radius 1 is 1.19 bits per heavy atom. The van der Waals surface area contributed by atoms with Crippen LogP contribution in [0.15, 0.2) is 18.2 Å².